The van der Waals surface area contributed by atoms with Crippen molar-refractivity contribution in [3.63, 3.8) is 0 Å². The second kappa shape index (κ2) is 13.5. The predicted octanol–water partition coefficient (Wildman–Crippen LogP) is 5.46. The molecule has 0 heterocycles. The summed E-state index contributed by atoms with van der Waals surface area (Å²) in [7, 11) is 4.17. The second-order valence-corrected chi connectivity index (χ2v) is 6.87. The summed E-state index contributed by atoms with van der Waals surface area (Å²) < 4.78 is 5.96. The van der Waals surface area contributed by atoms with Gasteiger partial charge in [-0.2, -0.15) is 0 Å². The number of ether oxygens (including phenoxy) is 1. The molecule has 1 N–H and O–H groups in total. The minimum atomic E-state index is 0. The third-order valence-corrected chi connectivity index (χ3v) is 4.09. The van der Waals surface area contributed by atoms with Crippen LogP contribution in [0.4, 0.5) is 0 Å². The zero-order valence-corrected chi connectivity index (χ0v) is 18.1. The molecule has 2 rings (SSSR count). The largest absolute Gasteiger partial charge is 0.489 e. The Balaban J connectivity index is 0.00000312. The molecule has 0 saturated carbocycles. The first-order valence-corrected chi connectivity index (χ1v) is 8.81. The molecular formula is C19H26Cl4N2O. The summed E-state index contributed by atoms with van der Waals surface area (Å²) in [6, 6.07) is 13.4. The fourth-order valence-corrected chi connectivity index (χ4v) is 2.63. The topological polar surface area (TPSA) is 24.5 Å². The zero-order chi connectivity index (χ0) is 17.4. The van der Waals surface area contributed by atoms with Gasteiger partial charge in [-0.25, -0.2) is 0 Å². The molecule has 0 amide bonds. The van der Waals surface area contributed by atoms with Crippen molar-refractivity contribution in [2.45, 2.75) is 19.6 Å². The van der Waals surface area contributed by atoms with Crippen LogP contribution in [0.15, 0.2) is 42.5 Å². The maximum Gasteiger partial charge on any atom is 0.124 e. The average Bonchev–Trinajstić information content (AvgIpc) is 2.55. The van der Waals surface area contributed by atoms with E-state index in [1.54, 1.807) is 0 Å². The molecule has 0 aromatic heterocycles. The van der Waals surface area contributed by atoms with Gasteiger partial charge in [-0.05, 0) is 69.5 Å². The van der Waals surface area contributed by atoms with Gasteiger partial charge < -0.3 is 15.0 Å². The monoisotopic (exact) mass is 438 g/mol. The van der Waals surface area contributed by atoms with Gasteiger partial charge >= 0.3 is 0 Å². The molecule has 0 aliphatic carbocycles. The number of hydrogen-bond acceptors (Lipinski definition) is 3. The fraction of sp³-hybridized carbons (Fsp3) is 0.368. The normalized spacial score (nSPS) is 10.2. The van der Waals surface area contributed by atoms with Crippen LogP contribution in [0.2, 0.25) is 10.0 Å². The van der Waals surface area contributed by atoms with E-state index in [-0.39, 0.29) is 24.8 Å². The molecule has 0 aliphatic rings. The molecule has 2 aromatic rings. The van der Waals surface area contributed by atoms with E-state index in [1.165, 1.54) is 0 Å². The molecule has 0 saturated heterocycles. The molecule has 0 bridgehead atoms. The summed E-state index contributed by atoms with van der Waals surface area (Å²) in [4.78, 5) is 2.18. The molecule has 7 heteroatoms. The van der Waals surface area contributed by atoms with E-state index in [0.717, 1.165) is 53.0 Å². The van der Waals surface area contributed by atoms with Gasteiger partial charge in [0, 0.05) is 22.2 Å². The lowest BCUT2D eigenvalue weighted by atomic mass is 10.2. The average molecular weight is 440 g/mol. The van der Waals surface area contributed by atoms with Crippen LogP contribution in [0.25, 0.3) is 0 Å². The van der Waals surface area contributed by atoms with Crippen molar-refractivity contribution >= 4 is 48.0 Å². The van der Waals surface area contributed by atoms with E-state index >= 15 is 0 Å². The molecule has 2 aromatic carbocycles. The Hall–Kier alpha value is -0.680. The van der Waals surface area contributed by atoms with Gasteiger partial charge in [-0.3, -0.25) is 0 Å². The van der Waals surface area contributed by atoms with E-state index < -0.39 is 0 Å². The number of hydrogen-bond donors (Lipinski definition) is 1. The number of benzene rings is 2. The van der Waals surface area contributed by atoms with Crippen molar-refractivity contribution in [3.8, 4) is 5.75 Å². The highest BCUT2D eigenvalue weighted by atomic mass is 35.5. The summed E-state index contributed by atoms with van der Waals surface area (Å²) in [5.74, 6) is 0.856. The van der Waals surface area contributed by atoms with E-state index in [1.807, 2.05) is 42.5 Å². The maximum absolute atomic E-state index is 6.13. The van der Waals surface area contributed by atoms with Crippen LogP contribution in [-0.2, 0) is 13.2 Å². The van der Waals surface area contributed by atoms with Crippen LogP contribution < -0.4 is 10.1 Å². The number of rotatable bonds is 9. The first-order chi connectivity index (χ1) is 11.5. The van der Waals surface area contributed by atoms with Crippen LogP contribution >= 0.6 is 48.0 Å². The van der Waals surface area contributed by atoms with Crippen molar-refractivity contribution in [2.24, 2.45) is 0 Å². The van der Waals surface area contributed by atoms with Gasteiger partial charge in [0.1, 0.15) is 12.4 Å². The highest BCUT2D eigenvalue weighted by Crippen LogP contribution is 2.24. The highest BCUT2D eigenvalue weighted by Gasteiger charge is 2.06. The second-order valence-electron chi connectivity index (χ2n) is 6.00. The Morgan fingerprint density at radius 3 is 2.27 bits per heavy atom. The SMILES string of the molecule is CN(C)CCCNCc1cc(Cl)ccc1OCc1ccc(Cl)cc1.Cl.Cl. The quantitative estimate of drug-likeness (QED) is 0.525. The van der Waals surface area contributed by atoms with Crippen molar-refractivity contribution in [2.75, 3.05) is 27.2 Å². The van der Waals surface area contributed by atoms with Crippen LogP contribution in [0.3, 0.4) is 0 Å². The standard InChI is InChI=1S/C19H24Cl2N2O.2ClH/c1-23(2)11-3-10-22-13-16-12-18(21)8-9-19(16)24-14-15-4-6-17(20)7-5-15;;/h4-9,12,22H,3,10-11,13-14H2,1-2H3;2*1H. The molecule has 0 aliphatic heterocycles. The van der Waals surface area contributed by atoms with Gasteiger partial charge in [0.15, 0.2) is 0 Å². The van der Waals surface area contributed by atoms with Gasteiger partial charge in [0.25, 0.3) is 0 Å². The Labute approximate surface area is 178 Å². The predicted molar refractivity (Wildman–Crippen MR) is 117 cm³/mol. The first kappa shape index (κ1) is 25.3. The van der Waals surface area contributed by atoms with Crippen LogP contribution in [0.1, 0.15) is 17.5 Å². The van der Waals surface area contributed by atoms with Gasteiger partial charge in [0.2, 0.25) is 0 Å². The minimum absolute atomic E-state index is 0. The molecule has 0 spiro atoms. The lowest BCUT2D eigenvalue weighted by Gasteiger charge is -2.14. The molecular weight excluding hydrogens is 414 g/mol. The highest BCUT2D eigenvalue weighted by molar-refractivity contribution is 6.30. The Bertz CT molecular complexity index is 636. The third kappa shape index (κ3) is 9.31. The van der Waals surface area contributed by atoms with E-state index in [4.69, 9.17) is 27.9 Å². The van der Waals surface area contributed by atoms with E-state index in [2.05, 4.69) is 24.3 Å². The number of nitrogens with one attached hydrogen (secondary N) is 1. The minimum Gasteiger partial charge on any atom is -0.489 e. The number of nitrogens with zero attached hydrogens (tertiary/aromatic N) is 1. The molecule has 0 fully saturated rings. The summed E-state index contributed by atoms with van der Waals surface area (Å²) in [5, 5.41) is 4.90. The van der Waals surface area contributed by atoms with Crippen molar-refractivity contribution in [3.05, 3.63) is 63.6 Å². The molecule has 0 radical (unpaired) electrons. The molecule has 3 nitrogen and oxygen atoms in total. The smallest absolute Gasteiger partial charge is 0.124 e. The lowest BCUT2D eigenvalue weighted by molar-refractivity contribution is 0.302. The van der Waals surface area contributed by atoms with E-state index in [9.17, 15) is 0 Å². The zero-order valence-electron chi connectivity index (χ0n) is 15.0. The van der Waals surface area contributed by atoms with Crippen LogP contribution in [0.5, 0.6) is 5.75 Å². The van der Waals surface area contributed by atoms with Crippen molar-refractivity contribution < 1.29 is 4.74 Å². The number of halogens is 4. The Kier molecular flexibility index (Phi) is 13.1. The third-order valence-electron chi connectivity index (χ3n) is 3.60. The van der Waals surface area contributed by atoms with Gasteiger partial charge in [0.05, 0.1) is 0 Å². The Morgan fingerprint density at radius 2 is 1.62 bits per heavy atom. The molecule has 0 atom stereocenters. The van der Waals surface area contributed by atoms with Crippen molar-refractivity contribution in [1.82, 2.24) is 10.2 Å². The van der Waals surface area contributed by atoms with Crippen LogP contribution in [0, 0.1) is 0 Å². The van der Waals surface area contributed by atoms with Gasteiger partial charge in [-0.15, -0.1) is 24.8 Å². The molecule has 26 heavy (non-hydrogen) atoms. The first-order valence-electron chi connectivity index (χ1n) is 8.06. The Morgan fingerprint density at radius 1 is 0.962 bits per heavy atom. The fourth-order valence-electron chi connectivity index (χ4n) is 2.31. The summed E-state index contributed by atoms with van der Waals surface area (Å²) in [5.41, 5.74) is 2.15. The van der Waals surface area contributed by atoms with Gasteiger partial charge in [-0.1, -0.05) is 35.3 Å². The lowest BCUT2D eigenvalue weighted by Crippen LogP contribution is -2.21. The van der Waals surface area contributed by atoms with Crippen molar-refractivity contribution in [1.29, 1.82) is 0 Å². The molecule has 0 unspecified atom stereocenters. The van der Waals surface area contributed by atoms with Crippen LogP contribution in [-0.4, -0.2) is 32.1 Å². The summed E-state index contributed by atoms with van der Waals surface area (Å²) >= 11 is 12.0. The molecule has 146 valence electrons. The summed E-state index contributed by atoms with van der Waals surface area (Å²) in [6.07, 6.45) is 1.11. The maximum atomic E-state index is 6.13. The summed E-state index contributed by atoms with van der Waals surface area (Å²) in [6.45, 7) is 3.28. The van der Waals surface area contributed by atoms with E-state index in [0.29, 0.717) is 6.61 Å².